The molecule has 2 aromatic heterocycles. The van der Waals surface area contributed by atoms with Crippen molar-refractivity contribution in [1.82, 2.24) is 9.38 Å². The number of nitrogens with zero attached hydrogens (tertiary/aromatic N) is 2. The molecule has 0 bridgehead atoms. The summed E-state index contributed by atoms with van der Waals surface area (Å²) in [5, 5.41) is 0. The highest BCUT2D eigenvalue weighted by molar-refractivity contribution is 9.10. The fraction of sp³-hybridized carbons (Fsp3) is 0.188. The first-order chi connectivity index (χ1) is 9.78. The first-order valence-corrected chi connectivity index (χ1v) is 7.29. The van der Waals surface area contributed by atoms with Gasteiger partial charge in [-0.15, -0.1) is 0 Å². The minimum absolute atomic E-state index is 0.751. The third-order valence-electron chi connectivity index (χ3n) is 3.28. The van der Waals surface area contributed by atoms with Gasteiger partial charge in [-0.1, -0.05) is 24.3 Å². The van der Waals surface area contributed by atoms with Gasteiger partial charge in [0, 0.05) is 25.1 Å². The Morgan fingerprint density at radius 1 is 1.20 bits per heavy atom. The Morgan fingerprint density at radius 2 is 2.00 bits per heavy atom. The van der Waals surface area contributed by atoms with E-state index in [9.17, 15) is 0 Å². The summed E-state index contributed by atoms with van der Waals surface area (Å²) in [6.45, 7) is 0.751. The van der Waals surface area contributed by atoms with Crippen LogP contribution in [-0.4, -0.2) is 23.1 Å². The molecule has 0 aliphatic heterocycles. The highest BCUT2D eigenvalue weighted by Crippen LogP contribution is 2.23. The van der Waals surface area contributed by atoms with Crippen molar-refractivity contribution in [2.75, 3.05) is 13.7 Å². The molecule has 4 heteroatoms. The zero-order chi connectivity index (χ0) is 13.9. The Hall–Kier alpha value is -1.65. The van der Waals surface area contributed by atoms with Crippen LogP contribution in [0.1, 0.15) is 5.56 Å². The van der Waals surface area contributed by atoms with Crippen molar-refractivity contribution >= 4 is 21.6 Å². The van der Waals surface area contributed by atoms with Crippen molar-refractivity contribution in [3.8, 4) is 11.3 Å². The van der Waals surface area contributed by atoms with Crippen molar-refractivity contribution in [3.63, 3.8) is 0 Å². The van der Waals surface area contributed by atoms with E-state index >= 15 is 0 Å². The summed E-state index contributed by atoms with van der Waals surface area (Å²) in [6, 6.07) is 12.5. The van der Waals surface area contributed by atoms with Crippen LogP contribution < -0.4 is 0 Å². The zero-order valence-electron chi connectivity index (χ0n) is 11.2. The minimum Gasteiger partial charge on any atom is -0.384 e. The average Bonchev–Trinajstić information content (AvgIpc) is 2.91. The molecule has 0 N–H and O–H groups in total. The Labute approximate surface area is 126 Å². The molecule has 3 aromatic rings. The maximum Gasteiger partial charge on any atom is 0.151 e. The molecular weight excluding hydrogens is 316 g/mol. The van der Waals surface area contributed by atoms with Gasteiger partial charge < -0.3 is 9.14 Å². The number of pyridine rings is 1. The molecule has 2 heterocycles. The second-order valence-electron chi connectivity index (χ2n) is 4.65. The molecule has 0 aliphatic carbocycles. The molecule has 3 nitrogen and oxygen atoms in total. The molecule has 0 spiro atoms. The minimum atomic E-state index is 0.751. The van der Waals surface area contributed by atoms with Crippen LogP contribution in [0, 0.1) is 0 Å². The van der Waals surface area contributed by atoms with Crippen LogP contribution in [0.4, 0.5) is 0 Å². The lowest BCUT2D eigenvalue weighted by molar-refractivity contribution is 0.202. The third kappa shape index (κ3) is 2.62. The molecule has 0 amide bonds. The van der Waals surface area contributed by atoms with Crippen LogP contribution in [0.15, 0.2) is 53.3 Å². The Morgan fingerprint density at radius 3 is 2.70 bits per heavy atom. The topological polar surface area (TPSA) is 26.5 Å². The van der Waals surface area contributed by atoms with Gasteiger partial charge in [-0.3, -0.25) is 0 Å². The van der Waals surface area contributed by atoms with Gasteiger partial charge in [-0.2, -0.15) is 0 Å². The van der Waals surface area contributed by atoms with Crippen LogP contribution in [0.5, 0.6) is 0 Å². The molecule has 20 heavy (non-hydrogen) atoms. The summed E-state index contributed by atoms with van der Waals surface area (Å²) >= 11 is 3.53. The lowest BCUT2D eigenvalue weighted by Gasteiger charge is -2.01. The first-order valence-electron chi connectivity index (χ1n) is 6.49. The maximum atomic E-state index is 5.09. The maximum absolute atomic E-state index is 5.09. The monoisotopic (exact) mass is 330 g/mol. The van der Waals surface area contributed by atoms with Crippen molar-refractivity contribution in [1.29, 1.82) is 0 Å². The lowest BCUT2D eigenvalue weighted by Crippen LogP contribution is -1.93. The van der Waals surface area contributed by atoms with Crippen LogP contribution in [0.2, 0.25) is 0 Å². The molecule has 0 saturated carbocycles. The summed E-state index contributed by atoms with van der Waals surface area (Å²) in [6.07, 6.45) is 4.99. The summed E-state index contributed by atoms with van der Waals surface area (Å²) in [5.41, 5.74) is 4.32. The molecule has 0 saturated heterocycles. The van der Waals surface area contributed by atoms with E-state index in [1.165, 1.54) is 5.56 Å². The third-order valence-corrected chi connectivity index (χ3v) is 3.90. The van der Waals surface area contributed by atoms with Gasteiger partial charge >= 0.3 is 0 Å². The molecule has 0 atom stereocenters. The van der Waals surface area contributed by atoms with Gasteiger partial charge in [0.1, 0.15) is 0 Å². The molecule has 0 fully saturated rings. The van der Waals surface area contributed by atoms with E-state index in [4.69, 9.17) is 4.74 Å². The molecule has 0 unspecified atom stereocenters. The quantitative estimate of drug-likeness (QED) is 0.724. The van der Waals surface area contributed by atoms with Gasteiger partial charge in [0.2, 0.25) is 0 Å². The lowest BCUT2D eigenvalue weighted by atomic mass is 10.1. The van der Waals surface area contributed by atoms with Gasteiger partial charge in [-0.05, 0) is 40.0 Å². The van der Waals surface area contributed by atoms with Gasteiger partial charge in [-0.25, -0.2) is 4.98 Å². The fourth-order valence-electron chi connectivity index (χ4n) is 2.18. The van der Waals surface area contributed by atoms with Gasteiger partial charge in [0.25, 0.3) is 0 Å². The Bertz CT molecular complexity index is 719. The summed E-state index contributed by atoms with van der Waals surface area (Å²) in [5.74, 6) is 0. The van der Waals surface area contributed by atoms with Gasteiger partial charge in [0.15, 0.2) is 5.65 Å². The van der Waals surface area contributed by atoms with Crippen LogP contribution in [0.3, 0.4) is 0 Å². The highest BCUT2D eigenvalue weighted by atomic mass is 79.9. The highest BCUT2D eigenvalue weighted by Gasteiger charge is 2.06. The number of rotatable bonds is 4. The summed E-state index contributed by atoms with van der Waals surface area (Å²) in [4.78, 5) is 4.67. The van der Waals surface area contributed by atoms with E-state index < -0.39 is 0 Å². The standard InChI is InChI=1S/C16H15BrN2O/c1-20-10-8-12-4-6-13(7-5-12)15-11-19-9-2-3-14(17)16(19)18-15/h2-7,9,11H,8,10H2,1H3. The number of benzene rings is 1. The number of hydrogen-bond donors (Lipinski definition) is 0. The Balaban J connectivity index is 1.92. The van der Waals surface area contributed by atoms with Crippen LogP contribution in [0.25, 0.3) is 16.9 Å². The van der Waals surface area contributed by atoms with Crippen LogP contribution in [-0.2, 0) is 11.2 Å². The van der Waals surface area contributed by atoms with E-state index in [1.54, 1.807) is 7.11 Å². The number of ether oxygens (including phenoxy) is 1. The summed E-state index contributed by atoms with van der Waals surface area (Å²) < 4.78 is 8.12. The number of methoxy groups -OCH3 is 1. The molecule has 0 radical (unpaired) electrons. The van der Waals surface area contributed by atoms with E-state index in [0.717, 1.165) is 34.4 Å². The number of hydrogen-bond acceptors (Lipinski definition) is 2. The molecular formula is C16H15BrN2O. The predicted octanol–water partition coefficient (Wildman–Crippen LogP) is 3.95. The predicted molar refractivity (Wildman–Crippen MR) is 83.9 cm³/mol. The van der Waals surface area contributed by atoms with E-state index in [-0.39, 0.29) is 0 Å². The normalized spacial score (nSPS) is 11.1. The van der Waals surface area contributed by atoms with E-state index in [2.05, 4.69) is 45.2 Å². The van der Waals surface area contributed by atoms with Crippen molar-refractivity contribution in [3.05, 3.63) is 58.8 Å². The molecule has 3 rings (SSSR count). The van der Waals surface area contributed by atoms with Gasteiger partial charge in [0.05, 0.1) is 16.8 Å². The summed E-state index contributed by atoms with van der Waals surface area (Å²) in [7, 11) is 1.73. The molecule has 0 aliphatic rings. The first kappa shape index (κ1) is 13.3. The largest absolute Gasteiger partial charge is 0.384 e. The number of halogens is 1. The van der Waals surface area contributed by atoms with Crippen LogP contribution >= 0.6 is 15.9 Å². The fourth-order valence-corrected chi connectivity index (χ4v) is 2.63. The number of aromatic nitrogens is 2. The Kier molecular flexibility index (Phi) is 3.85. The van der Waals surface area contributed by atoms with Crippen molar-refractivity contribution < 1.29 is 4.74 Å². The SMILES string of the molecule is COCCc1ccc(-c2cn3cccc(Br)c3n2)cc1. The second kappa shape index (κ2) is 5.77. The molecule has 102 valence electrons. The van der Waals surface area contributed by atoms with Crippen molar-refractivity contribution in [2.24, 2.45) is 0 Å². The van der Waals surface area contributed by atoms with E-state index in [1.807, 2.05) is 28.9 Å². The average molecular weight is 331 g/mol. The smallest absolute Gasteiger partial charge is 0.151 e. The van der Waals surface area contributed by atoms with E-state index in [0.29, 0.717) is 0 Å². The zero-order valence-corrected chi connectivity index (χ0v) is 12.8. The molecule has 1 aromatic carbocycles. The number of fused-ring (bicyclic) bond motifs is 1. The van der Waals surface area contributed by atoms with Crippen molar-refractivity contribution in [2.45, 2.75) is 6.42 Å². The number of imidazole rings is 1. The second-order valence-corrected chi connectivity index (χ2v) is 5.51.